The predicted molar refractivity (Wildman–Crippen MR) is 121 cm³/mol. The van der Waals surface area contributed by atoms with Crippen molar-refractivity contribution in [2.24, 2.45) is 0 Å². The Kier molecular flexibility index (Phi) is 6.44. The van der Waals surface area contributed by atoms with Crippen molar-refractivity contribution in [1.29, 1.82) is 0 Å². The molecule has 3 aromatic rings. The molecular formula is C24H29N5O2. The Morgan fingerprint density at radius 3 is 2.61 bits per heavy atom. The molecule has 7 nitrogen and oxygen atoms in total. The molecule has 0 aliphatic carbocycles. The molecule has 2 aromatic heterocycles. The molecular weight excluding hydrogens is 390 g/mol. The molecule has 0 saturated carbocycles. The second-order valence-electron chi connectivity index (χ2n) is 7.98. The van der Waals surface area contributed by atoms with Crippen LogP contribution in [0.4, 0.5) is 11.6 Å². The zero-order chi connectivity index (χ0) is 21.8. The first-order valence-electron chi connectivity index (χ1n) is 10.5. The fourth-order valence-electron chi connectivity index (χ4n) is 3.83. The second-order valence-corrected chi connectivity index (χ2v) is 7.98. The van der Waals surface area contributed by atoms with Crippen molar-refractivity contribution in [2.75, 3.05) is 32.1 Å². The van der Waals surface area contributed by atoms with Crippen molar-refractivity contribution in [3.63, 3.8) is 0 Å². The van der Waals surface area contributed by atoms with Crippen LogP contribution in [0.2, 0.25) is 0 Å². The number of rotatable bonds is 6. The van der Waals surface area contributed by atoms with Crippen LogP contribution in [0.5, 0.6) is 5.75 Å². The van der Waals surface area contributed by atoms with Gasteiger partial charge in [-0.2, -0.15) is 0 Å². The Balaban J connectivity index is 1.41. The Morgan fingerprint density at radius 1 is 1.10 bits per heavy atom. The third-order valence-corrected chi connectivity index (χ3v) is 5.34. The van der Waals surface area contributed by atoms with E-state index in [4.69, 9.17) is 9.47 Å². The van der Waals surface area contributed by atoms with E-state index in [9.17, 15) is 0 Å². The second kappa shape index (κ2) is 9.41. The third-order valence-electron chi connectivity index (χ3n) is 5.34. The maximum atomic E-state index is 6.02. The number of hydrogen-bond donors (Lipinski definition) is 1. The fraction of sp³-hybridized carbons (Fsp3) is 0.375. The SMILES string of the molecule is COc1cc(C)ccc1CN1CCO[C@@H](c2ccc(Nc3nc(C)cc(C)n3)cn2)C1. The minimum absolute atomic E-state index is 0.0586. The Labute approximate surface area is 183 Å². The molecule has 7 heteroatoms. The van der Waals surface area contributed by atoms with Gasteiger partial charge in [0.25, 0.3) is 0 Å². The number of hydrogen-bond acceptors (Lipinski definition) is 7. The minimum Gasteiger partial charge on any atom is -0.496 e. The number of aryl methyl sites for hydroxylation is 3. The minimum atomic E-state index is -0.0586. The summed E-state index contributed by atoms with van der Waals surface area (Å²) in [6, 6.07) is 12.3. The first-order chi connectivity index (χ1) is 15.0. The van der Waals surface area contributed by atoms with E-state index < -0.39 is 0 Å². The van der Waals surface area contributed by atoms with Crippen LogP contribution < -0.4 is 10.1 Å². The van der Waals surface area contributed by atoms with Gasteiger partial charge in [-0.1, -0.05) is 12.1 Å². The fourth-order valence-corrected chi connectivity index (χ4v) is 3.83. The number of benzene rings is 1. The lowest BCUT2D eigenvalue weighted by molar-refractivity contribution is -0.0351. The molecule has 1 aliphatic heterocycles. The van der Waals surface area contributed by atoms with Crippen LogP contribution >= 0.6 is 0 Å². The normalized spacial score (nSPS) is 16.8. The van der Waals surface area contributed by atoms with Crippen molar-refractivity contribution in [3.8, 4) is 5.75 Å². The zero-order valence-corrected chi connectivity index (χ0v) is 18.6. The highest BCUT2D eigenvalue weighted by Crippen LogP contribution is 2.26. The highest BCUT2D eigenvalue weighted by Gasteiger charge is 2.24. The first-order valence-corrected chi connectivity index (χ1v) is 10.5. The number of ether oxygens (including phenoxy) is 2. The van der Waals surface area contributed by atoms with E-state index in [1.54, 1.807) is 7.11 Å². The lowest BCUT2D eigenvalue weighted by Gasteiger charge is -2.33. The van der Waals surface area contributed by atoms with E-state index in [0.717, 1.165) is 48.2 Å². The summed E-state index contributed by atoms with van der Waals surface area (Å²) in [5.74, 6) is 1.52. The largest absolute Gasteiger partial charge is 0.496 e. The van der Waals surface area contributed by atoms with E-state index in [1.165, 1.54) is 11.1 Å². The number of anilines is 2. The molecule has 0 radical (unpaired) electrons. The molecule has 1 atom stereocenters. The monoisotopic (exact) mass is 419 g/mol. The molecule has 3 heterocycles. The summed E-state index contributed by atoms with van der Waals surface area (Å²) in [4.78, 5) is 15.9. The van der Waals surface area contributed by atoms with Gasteiger partial charge in [-0.05, 0) is 50.6 Å². The van der Waals surface area contributed by atoms with Gasteiger partial charge in [0, 0.05) is 36.6 Å². The van der Waals surface area contributed by atoms with Crippen molar-refractivity contribution in [3.05, 3.63) is 70.8 Å². The number of methoxy groups -OCH3 is 1. The van der Waals surface area contributed by atoms with Gasteiger partial charge in [-0.15, -0.1) is 0 Å². The molecule has 31 heavy (non-hydrogen) atoms. The molecule has 1 aliphatic rings. The highest BCUT2D eigenvalue weighted by molar-refractivity contribution is 5.52. The lowest BCUT2D eigenvalue weighted by atomic mass is 10.1. The van der Waals surface area contributed by atoms with Gasteiger partial charge in [-0.25, -0.2) is 9.97 Å². The van der Waals surface area contributed by atoms with Gasteiger partial charge >= 0.3 is 0 Å². The van der Waals surface area contributed by atoms with Crippen molar-refractivity contribution >= 4 is 11.6 Å². The Hall–Kier alpha value is -3.03. The maximum Gasteiger partial charge on any atom is 0.227 e. The van der Waals surface area contributed by atoms with E-state index in [-0.39, 0.29) is 6.10 Å². The average Bonchev–Trinajstić information content (AvgIpc) is 2.75. The summed E-state index contributed by atoms with van der Waals surface area (Å²) in [6.45, 7) is 9.17. The van der Waals surface area contributed by atoms with Crippen LogP contribution in [-0.2, 0) is 11.3 Å². The van der Waals surface area contributed by atoms with Gasteiger partial charge in [0.1, 0.15) is 11.9 Å². The molecule has 1 fully saturated rings. The Bertz CT molecular complexity index is 1020. The summed E-state index contributed by atoms with van der Waals surface area (Å²) in [7, 11) is 1.73. The lowest BCUT2D eigenvalue weighted by Crippen LogP contribution is -2.38. The summed E-state index contributed by atoms with van der Waals surface area (Å²) in [6.07, 6.45) is 1.75. The van der Waals surface area contributed by atoms with Crippen LogP contribution in [0.3, 0.4) is 0 Å². The van der Waals surface area contributed by atoms with Crippen LogP contribution in [0.1, 0.15) is 34.3 Å². The van der Waals surface area contributed by atoms with Crippen molar-refractivity contribution < 1.29 is 9.47 Å². The average molecular weight is 420 g/mol. The number of nitrogens with one attached hydrogen (secondary N) is 1. The van der Waals surface area contributed by atoms with Gasteiger partial charge < -0.3 is 14.8 Å². The van der Waals surface area contributed by atoms with Gasteiger partial charge in [0.2, 0.25) is 5.95 Å². The molecule has 0 amide bonds. The number of nitrogens with zero attached hydrogens (tertiary/aromatic N) is 4. The smallest absolute Gasteiger partial charge is 0.227 e. The van der Waals surface area contributed by atoms with E-state index in [2.05, 4.69) is 50.3 Å². The van der Waals surface area contributed by atoms with Crippen LogP contribution in [0.15, 0.2) is 42.6 Å². The van der Waals surface area contributed by atoms with Crippen LogP contribution in [-0.4, -0.2) is 46.7 Å². The van der Waals surface area contributed by atoms with E-state index >= 15 is 0 Å². The molecule has 162 valence electrons. The van der Waals surface area contributed by atoms with E-state index in [1.807, 2.05) is 38.2 Å². The number of morpholine rings is 1. The maximum absolute atomic E-state index is 6.02. The van der Waals surface area contributed by atoms with Crippen LogP contribution in [0.25, 0.3) is 0 Å². The Morgan fingerprint density at radius 2 is 1.90 bits per heavy atom. The molecule has 0 unspecified atom stereocenters. The number of pyridine rings is 1. The molecule has 1 aromatic carbocycles. The molecule has 0 spiro atoms. The van der Waals surface area contributed by atoms with Gasteiger partial charge in [-0.3, -0.25) is 9.88 Å². The number of aromatic nitrogens is 3. The molecule has 0 bridgehead atoms. The van der Waals surface area contributed by atoms with Crippen molar-refractivity contribution in [2.45, 2.75) is 33.4 Å². The topological polar surface area (TPSA) is 72.4 Å². The van der Waals surface area contributed by atoms with Crippen LogP contribution in [0, 0.1) is 20.8 Å². The van der Waals surface area contributed by atoms with Gasteiger partial charge in [0.05, 0.1) is 31.3 Å². The van der Waals surface area contributed by atoms with Crippen molar-refractivity contribution in [1.82, 2.24) is 19.9 Å². The standard InChI is InChI=1S/C24H29N5O2/c1-16-5-6-19(22(11-16)30-4)14-29-9-10-31-23(15-29)21-8-7-20(13-25-21)28-24-26-17(2)12-18(3)27-24/h5-8,11-13,23H,9-10,14-15H2,1-4H3,(H,26,27,28)/t23-/m1/s1. The third kappa shape index (κ3) is 5.37. The summed E-state index contributed by atoms with van der Waals surface area (Å²) < 4.78 is 11.6. The quantitative estimate of drug-likeness (QED) is 0.644. The molecule has 1 N–H and O–H groups in total. The predicted octanol–water partition coefficient (Wildman–Crippen LogP) is 4.12. The molecule has 1 saturated heterocycles. The first kappa shape index (κ1) is 21.2. The molecule has 4 rings (SSSR count). The summed E-state index contributed by atoms with van der Waals surface area (Å²) >= 11 is 0. The van der Waals surface area contributed by atoms with Gasteiger partial charge in [0.15, 0.2) is 0 Å². The summed E-state index contributed by atoms with van der Waals surface area (Å²) in [5.41, 5.74) is 6.03. The van der Waals surface area contributed by atoms with E-state index in [0.29, 0.717) is 12.6 Å². The zero-order valence-electron chi connectivity index (χ0n) is 18.6. The highest BCUT2D eigenvalue weighted by atomic mass is 16.5. The summed E-state index contributed by atoms with van der Waals surface area (Å²) in [5, 5.41) is 3.22.